The molecule has 0 aliphatic heterocycles. The predicted octanol–water partition coefficient (Wildman–Crippen LogP) is 12.6. The summed E-state index contributed by atoms with van der Waals surface area (Å²) in [6.07, 6.45) is 0. The van der Waals surface area contributed by atoms with E-state index in [0.29, 0.717) is 17.5 Å². The van der Waals surface area contributed by atoms with Crippen LogP contribution in [0.4, 0.5) is 0 Å². The zero-order valence-electron chi connectivity index (χ0n) is 27.7. The molecule has 0 bridgehead atoms. The Hall–Kier alpha value is -7.11. The van der Waals surface area contributed by atoms with Crippen molar-refractivity contribution in [1.29, 1.82) is 0 Å². The molecule has 5 heteroatoms. The van der Waals surface area contributed by atoms with Crippen LogP contribution >= 0.6 is 0 Å². The van der Waals surface area contributed by atoms with E-state index >= 15 is 0 Å². The summed E-state index contributed by atoms with van der Waals surface area (Å²) in [4.78, 5) is 15.2. The summed E-state index contributed by atoms with van der Waals surface area (Å²) in [6.45, 7) is 0. The Morgan fingerprint density at radius 2 is 0.923 bits per heavy atom. The molecule has 52 heavy (non-hydrogen) atoms. The zero-order valence-corrected chi connectivity index (χ0v) is 27.7. The molecule has 242 valence electrons. The van der Waals surface area contributed by atoms with E-state index in [0.717, 1.165) is 77.1 Å². The molecule has 8 aromatic carbocycles. The van der Waals surface area contributed by atoms with Crippen LogP contribution < -0.4 is 0 Å². The molecule has 0 saturated heterocycles. The van der Waals surface area contributed by atoms with E-state index < -0.39 is 0 Å². The van der Waals surface area contributed by atoms with Crippen LogP contribution in [0.5, 0.6) is 0 Å². The van der Waals surface area contributed by atoms with Crippen molar-refractivity contribution in [2.75, 3.05) is 0 Å². The molecule has 0 saturated carbocycles. The maximum absolute atomic E-state index is 6.22. The van der Waals surface area contributed by atoms with E-state index in [1.165, 1.54) is 16.2 Å². The number of benzene rings is 8. The number of furan rings is 2. The van der Waals surface area contributed by atoms with Crippen LogP contribution in [0.2, 0.25) is 0 Å². The molecule has 11 rings (SSSR count). The summed E-state index contributed by atoms with van der Waals surface area (Å²) in [5, 5.41) is 9.05. The quantitative estimate of drug-likeness (QED) is 0.175. The minimum atomic E-state index is 0.600. The average molecular weight is 666 g/mol. The number of rotatable bonds is 4. The minimum Gasteiger partial charge on any atom is -0.456 e. The molecule has 11 aromatic rings. The fourth-order valence-electron chi connectivity index (χ4n) is 7.60. The van der Waals surface area contributed by atoms with E-state index in [4.69, 9.17) is 23.8 Å². The zero-order chi connectivity index (χ0) is 34.2. The Balaban J connectivity index is 1.05. The summed E-state index contributed by atoms with van der Waals surface area (Å²) >= 11 is 0. The molecule has 5 nitrogen and oxygen atoms in total. The SMILES string of the molecule is c1ccc(-c2nc(-c3cccc(-c4ccc5c(ccc6cc7oc8ccccc8c7cc65)c4)c3)nc(-c3cccc4oc5ccccc5c34)n2)cc1. The monoisotopic (exact) mass is 665 g/mol. The molecule has 0 spiro atoms. The van der Waals surface area contributed by atoms with Gasteiger partial charge < -0.3 is 8.83 Å². The molecule has 0 aliphatic rings. The van der Waals surface area contributed by atoms with Crippen LogP contribution in [0.3, 0.4) is 0 Å². The smallest absolute Gasteiger partial charge is 0.164 e. The second-order valence-electron chi connectivity index (χ2n) is 13.2. The van der Waals surface area contributed by atoms with E-state index in [9.17, 15) is 0 Å². The van der Waals surface area contributed by atoms with Gasteiger partial charge in [-0.25, -0.2) is 15.0 Å². The van der Waals surface area contributed by atoms with E-state index in [1.54, 1.807) is 0 Å². The largest absolute Gasteiger partial charge is 0.456 e. The van der Waals surface area contributed by atoms with Crippen LogP contribution in [-0.2, 0) is 0 Å². The van der Waals surface area contributed by atoms with Crippen molar-refractivity contribution < 1.29 is 8.83 Å². The fraction of sp³-hybridized carbons (Fsp3) is 0. The van der Waals surface area contributed by atoms with Gasteiger partial charge in [0.05, 0.1) is 0 Å². The average Bonchev–Trinajstić information content (AvgIpc) is 3.78. The van der Waals surface area contributed by atoms with Crippen molar-refractivity contribution >= 4 is 65.4 Å². The highest BCUT2D eigenvalue weighted by Gasteiger charge is 2.18. The van der Waals surface area contributed by atoms with Gasteiger partial charge in [0.2, 0.25) is 0 Å². The van der Waals surface area contributed by atoms with E-state index in [-0.39, 0.29) is 0 Å². The first-order valence-electron chi connectivity index (χ1n) is 17.3. The maximum Gasteiger partial charge on any atom is 0.164 e. The van der Waals surface area contributed by atoms with Gasteiger partial charge in [0.15, 0.2) is 17.5 Å². The van der Waals surface area contributed by atoms with E-state index in [2.05, 4.69) is 91.0 Å². The third-order valence-corrected chi connectivity index (χ3v) is 10.1. The van der Waals surface area contributed by atoms with Crippen LogP contribution in [0.1, 0.15) is 0 Å². The lowest BCUT2D eigenvalue weighted by atomic mass is 9.95. The lowest BCUT2D eigenvalue weighted by Gasteiger charge is -2.11. The van der Waals surface area contributed by atoms with Crippen LogP contribution in [-0.4, -0.2) is 15.0 Å². The Morgan fingerprint density at radius 1 is 0.308 bits per heavy atom. The normalized spacial score (nSPS) is 11.8. The summed E-state index contributed by atoms with van der Waals surface area (Å²) in [6, 6.07) is 56.4. The molecule has 0 fully saturated rings. The molecular weight excluding hydrogens is 639 g/mol. The first-order valence-corrected chi connectivity index (χ1v) is 17.3. The number of para-hydroxylation sites is 2. The molecule has 0 atom stereocenters. The van der Waals surface area contributed by atoms with Gasteiger partial charge in [0, 0.05) is 38.2 Å². The number of nitrogens with zero attached hydrogens (tertiary/aromatic N) is 3. The van der Waals surface area contributed by atoms with Gasteiger partial charge in [0.1, 0.15) is 22.3 Å². The Kier molecular flexibility index (Phi) is 6.18. The van der Waals surface area contributed by atoms with Crippen LogP contribution in [0.25, 0.3) is 111 Å². The standard InChI is InChI=1S/C47H27N3O2/c1-2-10-28(11-3-1)45-48-46(50-47(49-45)37-16-9-19-42-44(37)36-15-5-7-18-41(36)51-42)33-13-8-12-29(25-33)30-22-23-34-31(24-30)20-21-32-26-43-39(27-38(32)34)35-14-4-6-17-40(35)52-43/h1-27H. The van der Waals surface area contributed by atoms with Gasteiger partial charge in [-0.1, -0.05) is 121 Å². The van der Waals surface area contributed by atoms with Crippen LogP contribution in [0.15, 0.2) is 173 Å². The summed E-state index contributed by atoms with van der Waals surface area (Å²) in [7, 11) is 0. The van der Waals surface area contributed by atoms with Crippen molar-refractivity contribution in [2.45, 2.75) is 0 Å². The topological polar surface area (TPSA) is 65.0 Å². The highest BCUT2D eigenvalue weighted by molar-refractivity contribution is 6.17. The maximum atomic E-state index is 6.22. The van der Waals surface area contributed by atoms with Crippen molar-refractivity contribution in [1.82, 2.24) is 15.0 Å². The Morgan fingerprint density at radius 3 is 1.79 bits per heavy atom. The van der Waals surface area contributed by atoms with Gasteiger partial charge in [-0.05, 0) is 75.1 Å². The Bertz CT molecular complexity index is 3190. The van der Waals surface area contributed by atoms with E-state index in [1.807, 2.05) is 72.8 Å². The number of fused-ring (bicyclic) bond motifs is 9. The highest BCUT2D eigenvalue weighted by atomic mass is 16.3. The van der Waals surface area contributed by atoms with Crippen molar-refractivity contribution in [3.05, 3.63) is 164 Å². The first kappa shape index (κ1) is 28.7. The van der Waals surface area contributed by atoms with Gasteiger partial charge in [-0.2, -0.15) is 0 Å². The molecular formula is C47H27N3O2. The minimum absolute atomic E-state index is 0.600. The molecule has 3 heterocycles. The number of hydrogen-bond acceptors (Lipinski definition) is 5. The first-order chi connectivity index (χ1) is 25.7. The lowest BCUT2D eigenvalue weighted by Crippen LogP contribution is -2.00. The predicted molar refractivity (Wildman–Crippen MR) is 211 cm³/mol. The van der Waals surface area contributed by atoms with Crippen molar-refractivity contribution in [2.24, 2.45) is 0 Å². The highest BCUT2D eigenvalue weighted by Crippen LogP contribution is 2.38. The van der Waals surface area contributed by atoms with Crippen LogP contribution in [0, 0.1) is 0 Å². The molecule has 0 aliphatic carbocycles. The third-order valence-electron chi connectivity index (χ3n) is 10.1. The molecule has 0 N–H and O–H groups in total. The molecule has 0 radical (unpaired) electrons. The molecule has 0 amide bonds. The second-order valence-corrected chi connectivity index (χ2v) is 13.2. The molecule has 3 aromatic heterocycles. The lowest BCUT2D eigenvalue weighted by molar-refractivity contribution is 0.669. The summed E-state index contributed by atoms with van der Waals surface area (Å²) < 4.78 is 12.4. The molecule has 0 unspecified atom stereocenters. The van der Waals surface area contributed by atoms with Gasteiger partial charge in [0.25, 0.3) is 0 Å². The summed E-state index contributed by atoms with van der Waals surface area (Å²) in [5.74, 6) is 1.83. The van der Waals surface area contributed by atoms with Gasteiger partial charge in [-0.15, -0.1) is 0 Å². The number of aromatic nitrogens is 3. The van der Waals surface area contributed by atoms with Gasteiger partial charge >= 0.3 is 0 Å². The number of hydrogen-bond donors (Lipinski definition) is 0. The fourth-order valence-corrected chi connectivity index (χ4v) is 7.60. The van der Waals surface area contributed by atoms with Crippen molar-refractivity contribution in [3.8, 4) is 45.3 Å². The third kappa shape index (κ3) is 4.53. The van der Waals surface area contributed by atoms with Gasteiger partial charge in [-0.3, -0.25) is 0 Å². The second kappa shape index (κ2) is 11.2. The van der Waals surface area contributed by atoms with Crippen molar-refractivity contribution in [3.63, 3.8) is 0 Å². The summed E-state index contributed by atoms with van der Waals surface area (Å²) in [5.41, 5.74) is 8.41. The Labute approximate surface area is 297 Å².